The minimum absolute atomic E-state index is 0.637. The van der Waals surface area contributed by atoms with Gasteiger partial charge in [0.25, 0.3) is 0 Å². The van der Waals surface area contributed by atoms with E-state index in [-0.39, 0.29) is 0 Å². The monoisotopic (exact) mass is 317 g/mol. The molecular formula is C17H23N3OS. The van der Waals surface area contributed by atoms with Gasteiger partial charge in [0.2, 0.25) is 0 Å². The molecule has 22 heavy (non-hydrogen) atoms. The molecule has 0 saturated heterocycles. The lowest BCUT2D eigenvalue weighted by Crippen LogP contribution is -2.36. The second-order valence-corrected chi connectivity index (χ2v) is 6.42. The van der Waals surface area contributed by atoms with Gasteiger partial charge >= 0.3 is 0 Å². The van der Waals surface area contributed by atoms with Gasteiger partial charge in [0.05, 0.1) is 13.2 Å². The predicted molar refractivity (Wildman–Crippen MR) is 93.2 cm³/mol. The van der Waals surface area contributed by atoms with Crippen molar-refractivity contribution in [3.05, 3.63) is 57.3 Å². The lowest BCUT2D eigenvalue weighted by Gasteiger charge is -2.12. The van der Waals surface area contributed by atoms with E-state index in [0.717, 1.165) is 19.0 Å². The van der Waals surface area contributed by atoms with Crippen molar-refractivity contribution in [3.63, 3.8) is 0 Å². The summed E-state index contributed by atoms with van der Waals surface area (Å²) in [7, 11) is 3.50. The summed E-state index contributed by atoms with van der Waals surface area (Å²) in [6.45, 7) is 4.29. The van der Waals surface area contributed by atoms with Gasteiger partial charge in [0, 0.05) is 30.5 Å². The van der Waals surface area contributed by atoms with Crippen LogP contribution in [0.1, 0.15) is 20.9 Å². The standard InChI is InChI=1S/C17H23N3OS/c1-13-7-8-16(22-13)11-20-17(18-2)19-10-14-5-4-6-15(9-14)12-21-3/h4-9H,10-12H2,1-3H3,(H2,18,19,20). The molecule has 1 aromatic heterocycles. The van der Waals surface area contributed by atoms with Gasteiger partial charge in [-0.25, -0.2) is 0 Å². The highest BCUT2D eigenvalue weighted by molar-refractivity contribution is 7.11. The number of benzene rings is 1. The third-order valence-corrected chi connectivity index (χ3v) is 4.21. The number of nitrogens with zero attached hydrogens (tertiary/aromatic N) is 1. The molecule has 118 valence electrons. The second-order valence-electron chi connectivity index (χ2n) is 5.04. The van der Waals surface area contributed by atoms with E-state index in [4.69, 9.17) is 4.74 Å². The summed E-state index contributed by atoms with van der Waals surface area (Å²) in [4.78, 5) is 6.89. The molecule has 0 aliphatic heterocycles. The van der Waals surface area contributed by atoms with Crippen LogP contribution in [0.2, 0.25) is 0 Å². The fraction of sp³-hybridized carbons (Fsp3) is 0.353. The normalized spacial score (nSPS) is 11.5. The molecule has 0 atom stereocenters. The molecule has 2 N–H and O–H groups in total. The minimum atomic E-state index is 0.637. The van der Waals surface area contributed by atoms with Gasteiger partial charge < -0.3 is 15.4 Å². The molecule has 0 amide bonds. The molecule has 4 nitrogen and oxygen atoms in total. The van der Waals surface area contributed by atoms with Gasteiger partial charge in [-0.2, -0.15) is 0 Å². The van der Waals surface area contributed by atoms with E-state index in [0.29, 0.717) is 6.61 Å². The van der Waals surface area contributed by atoms with Crippen molar-refractivity contribution in [1.29, 1.82) is 0 Å². The molecule has 0 fully saturated rings. The molecule has 2 aromatic rings. The fourth-order valence-corrected chi connectivity index (χ4v) is 2.98. The van der Waals surface area contributed by atoms with Crippen molar-refractivity contribution in [2.24, 2.45) is 4.99 Å². The first-order chi connectivity index (χ1) is 10.7. The Hall–Kier alpha value is -1.85. The average molecular weight is 317 g/mol. The van der Waals surface area contributed by atoms with Gasteiger partial charge in [-0.15, -0.1) is 11.3 Å². The predicted octanol–water partition coefficient (Wildman–Crippen LogP) is 3.07. The first-order valence-corrected chi connectivity index (χ1v) is 8.09. The fourth-order valence-electron chi connectivity index (χ4n) is 2.15. The molecule has 0 aliphatic rings. The van der Waals surface area contributed by atoms with E-state index in [1.165, 1.54) is 20.9 Å². The number of ether oxygens (including phenoxy) is 1. The van der Waals surface area contributed by atoms with E-state index < -0.39 is 0 Å². The van der Waals surface area contributed by atoms with Crippen LogP contribution in [0.3, 0.4) is 0 Å². The zero-order valence-corrected chi connectivity index (χ0v) is 14.2. The van der Waals surface area contributed by atoms with Crippen LogP contribution in [0, 0.1) is 6.92 Å². The highest BCUT2D eigenvalue weighted by atomic mass is 32.1. The van der Waals surface area contributed by atoms with E-state index in [1.807, 2.05) is 0 Å². The third kappa shape index (κ3) is 5.16. The first kappa shape index (κ1) is 16.5. The van der Waals surface area contributed by atoms with E-state index >= 15 is 0 Å². The summed E-state index contributed by atoms with van der Waals surface area (Å²) in [5, 5.41) is 6.67. The molecule has 2 rings (SSSR count). The van der Waals surface area contributed by atoms with Crippen LogP contribution in [0.5, 0.6) is 0 Å². The summed E-state index contributed by atoms with van der Waals surface area (Å²) in [6.07, 6.45) is 0. The Labute approximate surface area is 136 Å². The first-order valence-electron chi connectivity index (χ1n) is 7.28. The molecule has 0 saturated carbocycles. The van der Waals surface area contributed by atoms with Crippen LogP contribution in [0.25, 0.3) is 0 Å². The average Bonchev–Trinajstić information content (AvgIpc) is 2.94. The van der Waals surface area contributed by atoms with Crippen molar-refractivity contribution in [2.75, 3.05) is 14.2 Å². The molecule has 0 bridgehead atoms. The van der Waals surface area contributed by atoms with Gasteiger partial charge in [0.1, 0.15) is 0 Å². The van der Waals surface area contributed by atoms with Gasteiger partial charge in [0.15, 0.2) is 5.96 Å². The zero-order chi connectivity index (χ0) is 15.8. The molecule has 0 radical (unpaired) electrons. The third-order valence-electron chi connectivity index (χ3n) is 3.21. The number of aliphatic imine (C=N–C) groups is 1. The topological polar surface area (TPSA) is 45.7 Å². The SMILES string of the molecule is CN=C(NCc1cccc(COC)c1)NCc1ccc(C)s1. The number of rotatable bonds is 6. The van der Waals surface area contributed by atoms with Crippen LogP contribution in [0.15, 0.2) is 41.4 Å². The van der Waals surface area contributed by atoms with Crippen molar-refractivity contribution < 1.29 is 4.74 Å². The van der Waals surface area contributed by atoms with E-state index in [9.17, 15) is 0 Å². The van der Waals surface area contributed by atoms with Gasteiger partial charge in [-0.1, -0.05) is 24.3 Å². The van der Waals surface area contributed by atoms with Crippen LogP contribution in [-0.4, -0.2) is 20.1 Å². The minimum Gasteiger partial charge on any atom is -0.380 e. The summed E-state index contributed by atoms with van der Waals surface area (Å²) in [5.74, 6) is 0.809. The summed E-state index contributed by atoms with van der Waals surface area (Å²) < 4.78 is 5.16. The molecule has 5 heteroatoms. The van der Waals surface area contributed by atoms with Gasteiger partial charge in [-0.05, 0) is 30.2 Å². The molecule has 0 aliphatic carbocycles. The van der Waals surface area contributed by atoms with Crippen LogP contribution in [0.4, 0.5) is 0 Å². The quantitative estimate of drug-likeness (QED) is 0.636. The Morgan fingerprint density at radius 2 is 1.91 bits per heavy atom. The van der Waals surface area contributed by atoms with Crippen molar-refractivity contribution in [1.82, 2.24) is 10.6 Å². The maximum Gasteiger partial charge on any atom is 0.191 e. The Bertz CT molecular complexity index is 622. The Kier molecular flexibility index (Phi) is 6.43. The highest BCUT2D eigenvalue weighted by Gasteiger charge is 2.01. The van der Waals surface area contributed by atoms with Crippen molar-refractivity contribution in [2.45, 2.75) is 26.6 Å². The Morgan fingerprint density at radius 1 is 1.14 bits per heavy atom. The zero-order valence-electron chi connectivity index (χ0n) is 13.3. The van der Waals surface area contributed by atoms with Crippen LogP contribution < -0.4 is 10.6 Å². The number of hydrogen-bond donors (Lipinski definition) is 2. The largest absolute Gasteiger partial charge is 0.380 e. The summed E-state index contributed by atoms with van der Waals surface area (Å²) in [6, 6.07) is 12.7. The number of aryl methyl sites for hydroxylation is 1. The highest BCUT2D eigenvalue weighted by Crippen LogP contribution is 2.14. The molecule has 1 heterocycles. The summed E-state index contributed by atoms with van der Waals surface area (Å²) >= 11 is 1.80. The molecule has 0 unspecified atom stereocenters. The van der Waals surface area contributed by atoms with Crippen molar-refractivity contribution in [3.8, 4) is 0 Å². The lowest BCUT2D eigenvalue weighted by molar-refractivity contribution is 0.185. The van der Waals surface area contributed by atoms with Crippen LogP contribution >= 0.6 is 11.3 Å². The van der Waals surface area contributed by atoms with Gasteiger partial charge in [-0.3, -0.25) is 4.99 Å². The van der Waals surface area contributed by atoms with E-state index in [2.05, 4.69) is 58.9 Å². The maximum absolute atomic E-state index is 5.16. The number of methoxy groups -OCH3 is 1. The summed E-state index contributed by atoms with van der Waals surface area (Å²) in [5.41, 5.74) is 2.39. The molecular weight excluding hydrogens is 294 g/mol. The maximum atomic E-state index is 5.16. The van der Waals surface area contributed by atoms with Crippen LogP contribution in [-0.2, 0) is 24.4 Å². The Balaban J connectivity index is 1.84. The van der Waals surface area contributed by atoms with Crippen molar-refractivity contribution >= 4 is 17.3 Å². The molecule has 1 aromatic carbocycles. The number of nitrogens with one attached hydrogen (secondary N) is 2. The number of thiophene rings is 1. The van der Waals surface area contributed by atoms with E-state index in [1.54, 1.807) is 25.5 Å². The lowest BCUT2D eigenvalue weighted by atomic mass is 10.1. The molecule has 0 spiro atoms. The Morgan fingerprint density at radius 3 is 2.59 bits per heavy atom. The second kappa shape index (κ2) is 8.56. The number of hydrogen-bond acceptors (Lipinski definition) is 3. The smallest absolute Gasteiger partial charge is 0.191 e. The number of guanidine groups is 1.